The van der Waals surface area contributed by atoms with Crippen molar-refractivity contribution < 1.29 is 19.4 Å². The first-order valence-electron chi connectivity index (χ1n) is 7.46. The maximum absolute atomic E-state index is 12.6. The minimum absolute atomic E-state index is 0.0956. The summed E-state index contributed by atoms with van der Waals surface area (Å²) in [4.78, 5) is 25.6. The number of hydrogen-bond donors (Lipinski definition) is 1. The topological polar surface area (TPSA) is 66.8 Å². The van der Waals surface area contributed by atoms with E-state index in [1.807, 2.05) is 30.3 Å². The third-order valence-electron chi connectivity index (χ3n) is 3.83. The third kappa shape index (κ3) is 2.90. The Balaban J connectivity index is 1.91. The van der Waals surface area contributed by atoms with Gasteiger partial charge in [-0.25, -0.2) is 4.79 Å². The second-order valence-electron chi connectivity index (χ2n) is 5.39. The number of carbonyl (C=O) groups is 2. The fourth-order valence-electron chi connectivity index (χ4n) is 2.78. The summed E-state index contributed by atoms with van der Waals surface area (Å²) in [7, 11) is 0. The molecule has 23 heavy (non-hydrogen) atoms. The Morgan fingerprint density at radius 1 is 1.26 bits per heavy atom. The van der Waals surface area contributed by atoms with Crippen LogP contribution in [0.1, 0.15) is 38.8 Å². The number of amides is 1. The molecule has 0 bridgehead atoms. The van der Waals surface area contributed by atoms with E-state index in [4.69, 9.17) is 4.74 Å². The number of benzene rings is 2. The molecule has 0 saturated carbocycles. The number of hydrogen-bond acceptors (Lipinski definition) is 3. The normalized spacial score (nSPS) is 13.1. The molecule has 1 aliphatic rings. The number of fused-ring (bicyclic) bond motifs is 1. The van der Waals surface area contributed by atoms with E-state index >= 15 is 0 Å². The van der Waals surface area contributed by atoms with Crippen molar-refractivity contribution in [2.24, 2.45) is 0 Å². The molecule has 1 heterocycles. The summed E-state index contributed by atoms with van der Waals surface area (Å²) in [5, 5.41) is 9.31. The molecular weight excluding hydrogens is 294 g/mol. The van der Waals surface area contributed by atoms with E-state index in [0.717, 1.165) is 11.1 Å². The molecule has 1 aliphatic heterocycles. The number of aromatic carboxylic acids is 1. The molecule has 1 N–H and O–H groups in total. The predicted octanol–water partition coefficient (Wildman–Crippen LogP) is 2.94. The molecule has 0 radical (unpaired) electrons. The molecule has 0 atom stereocenters. The van der Waals surface area contributed by atoms with Crippen molar-refractivity contribution in [2.45, 2.75) is 20.0 Å². The van der Waals surface area contributed by atoms with Gasteiger partial charge >= 0.3 is 5.97 Å². The number of carbonyl (C=O) groups excluding carboxylic acids is 1. The summed E-state index contributed by atoms with van der Waals surface area (Å²) in [6.07, 6.45) is 0. The van der Waals surface area contributed by atoms with E-state index < -0.39 is 5.97 Å². The maximum Gasteiger partial charge on any atom is 0.339 e. The van der Waals surface area contributed by atoms with Crippen molar-refractivity contribution in [1.29, 1.82) is 0 Å². The molecule has 2 aromatic rings. The van der Waals surface area contributed by atoms with Gasteiger partial charge in [0.15, 0.2) is 0 Å². The van der Waals surface area contributed by atoms with Gasteiger partial charge in [-0.05, 0) is 30.2 Å². The van der Waals surface area contributed by atoms with Crippen LogP contribution in [-0.4, -0.2) is 28.5 Å². The largest absolute Gasteiger partial charge is 0.493 e. The highest BCUT2D eigenvalue weighted by atomic mass is 16.5. The first-order valence-corrected chi connectivity index (χ1v) is 7.46. The number of nitrogens with zero attached hydrogens (tertiary/aromatic N) is 1. The number of carboxylic acid groups (broad SMARTS) is 1. The minimum Gasteiger partial charge on any atom is -0.493 e. The highest BCUT2D eigenvalue weighted by molar-refractivity contribution is 6.01. The third-order valence-corrected chi connectivity index (χ3v) is 3.83. The van der Waals surface area contributed by atoms with Crippen LogP contribution in [0, 0.1) is 0 Å². The van der Waals surface area contributed by atoms with Gasteiger partial charge in [-0.15, -0.1) is 0 Å². The van der Waals surface area contributed by atoms with E-state index in [9.17, 15) is 14.7 Å². The number of rotatable bonds is 5. The quantitative estimate of drug-likeness (QED) is 0.922. The van der Waals surface area contributed by atoms with Crippen molar-refractivity contribution >= 4 is 11.9 Å². The fourth-order valence-corrected chi connectivity index (χ4v) is 2.78. The molecule has 5 heteroatoms. The van der Waals surface area contributed by atoms with Gasteiger partial charge in [0.25, 0.3) is 5.91 Å². The number of ether oxygens (including phenoxy) is 1. The van der Waals surface area contributed by atoms with Crippen LogP contribution in [-0.2, 0) is 13.1 Å². The van der Waals surface area contributed by atoms with Gasteiger partial charge in [0.1, 0.15) is 11.3 Å². The smallest absolute Gasteiger partial charge is 0.339 e. The lowest BCUT2D eigenvalue weighted by molar-refractivity contribution is 0.0691. The van der Waals surface area contributed by atoms with Crippen LogP contribution in [0.2, 0.25) is 0 Å². The van der Waals surface area contributed by atoms with Gasteiger partial charge in [0, 0.05) is 18.7 Å². The van der Waals surface area contributed by atoms with Gasteiger partial charge in [-0.3, -0.25) is 4.79 Å². The van der Waals surface area contributed by atoms with E-state index in [1.54, 1.807) is 24.0 Å². The van der Waals surface area contributed by atoms with Gasteiger partial charge in [-0.2, -0.15) is 0 Å². The second-order valence-corrected chi connectivity index (χ2v) is 5.39. The Kier molecular flexibility index (Phi) is 4.02. The standard InChI is InChI=1S/C18H17NO4/c1-2-23-16-9-14-13(8-15(16)18(21)22)11-19(17(14)20)10-12-6-4-3-5-7-12/h3-9H,2,10-11H2,1H3,(H,21,22). The molecule has 118 valence electrons. The zero-order valence-electron chi connectivity index (χ0n) is 12.8. The molecule has 0 aliphatic carbocycles. The molecule has 3 rings (SSSR count). The SMILES string of the molecule is CCOc1cc2c(cc1C(=O)O)CN(Cc1ccccc1)C2=O. The molecular formula is C18H17NO4. The van der Waals surface area contributed by atoms with Crippen LogP contribution in [0.4, 0.5) is 0 Å². The minimum atomic E-state index is -1.05. The first-order chi connectivity index (χ1) is 11.1. The molecule has 0 unspecified atom stereocenters. The van der Waals surface area contributed by atoms with Crippen molar-refractivity contribution in [1.82, 2.24) is 4.90 Å². The van der Waals surface area contributed by atoms with Gasteiger partial charge in [0.2, 0.25) is 0 Å². The predicted molar refractivity (Wildman–Crippen MR) is 84.6 cm³/mol. The highest BCUT2D eigenvalue weighted by Gasteiger charge is 2.30. The van der Waals surface area contributed by atoms with Crippen LogP contribution >= 0.6 is 0 Å². The summed E-state index contributed by atoms with van der Waals surface area (Å²) >= 11 is 0. The van der Waals surface area contributed by atoms with Crippen molar-refractivity contribution in [2.75, 3.05) is 6.61 Å². The van der Waals surface area contributed by atoms with Crippen molar-refractivity contribution in [3.8, 4) is 5.75 Å². The van der Waals surface area contributed by atoms with E-state index in [-0.39, 0.29) is 17.2 Å². The van der Waals surface area contributed by atoms with Gasteiger partial charge < -0.3 is 14.7 Å². The summed E-state index contributed by atoms with van der Waals surface area (Å²) in [6, 6.07) is 12.8. The Bertz CT molecular complexity index is 755. The highest BCUT2D eigenvalue weighted by Crippen LogP contribution is 2.31. The Hall–Kier alpha value is -2.82. The fraction of sp³-hybridized carbons (Fsp3) is 0.222. The molecule has 5 nitrogen and oxygen atoms in total. The average Bonchev–Trinajstić information content (AvgIpc) is 2.84. The van der Waals surface area contributed by atoms with Gasteiger partial charge in [-0.1, -0.05) is 30.3 Å². The van der Waals surface area contributed by atoms with Crippen molar-refractivity contribution in [3.05, 3.63) is 64.7 Å². The lowest BCUT2D eigenvalue weighted by Gasteiger charge is -2.15. The Morgan fingerprint density at radius 3 is 2.65 bits per heavy atom. The molecule has 2 aromatic carbocycles. The van der Waals surface area contributed by atoms with E-state index in [1.165, 1.54) is 0 Å². The van der Waals surface area contributed by atoms with Gasteiger partial charge in [0.05, 0.1) is 6.61 Å². The van der Waals surface area contributed by atoms with Crippen LogP contribution in [0.5, 0.6) is 5.75 Å². The molecule has 0 fully saturated rings. The summed E-state index contributed by atoms with van der Waals surface area (Å²) in [5.41, 5.74) is 2.39. The van der Waals surface area contributed by atoms with E-state index in [0.29, 0.717) is 25.3 Å². The van der Waals surface area contributed by atoms with Crippen LogP contribution in [0.15, 0.2) is 42.5 Å². The second kappa shape index (κ2) is 6.12. The summed E-state index contributed by atoms with van der Waals surface area (Å²) in [6.45, 7) is 3.04. The van der Waals surface area contributed by atoms with Crippen LogP contribution in [0.25, 0.3) is 0 Å². The number of carboxylic acids is 1. The lowest BCUT2D eigenvalue weighted by atomic mass is 10.0. The van der Waals surface area contributed by atoms with Crippen LogP contribution < -0.4 is 4.74 Å². The lowest BCUT2D eigenvalue weighted by Crippen LogP contribution is -2.23. The summed E-state index contributed by atoms with van der Waals surface area (Å²) < 4.78 is 5.37. The van der Waals surface area contributed by atoms with Crippen molar-refractivity contribution in [3.63, 3.8) is 0 Å². The molecule has 0 saturated heterocycles. The monoisotopic (exact) mass is 311 g/mol. The molecule has 0 spiro atoms. The average molecular weight is 311 g/mol. The first kappa shape index (κ1) is 15.1. The Morgan fingerprint density at radius 2 is 2.00 bits per heavy atom. The maximum atomic E-state index is 12.6. The summed E-state index contributed by atoms with van der Waals surface area (Å²) in [5.74, 6) is -0.902. The van der Waals surface area contributed by atoms with Crippen LogP contribution in [0.3, 0.4) is 0 Å². The van der Waals surface area contributed by atoms with E-state index in [2.05, 4.69) is 0 Å². The molecule has 1 amide bonds. The molecule has 0 aromatic heterocycles. The Labute approximate surface area is 134 Å². The zero-order chi connectivity index (χ0) is 16.4. The zero-order valence-corrected chi connectivity index (χ0v) is 12.8.